The summed E-state index contributed by atoms with van der Waals surface area (Å²) in [5.74, 6) is 0.451. The molecule has 0 aliphatic rings. The minimum atomic E-state index is -3.47. The van der Waals surface area contributed by atoms with Crippen LogP contribution in [0.25, 0.3) is 0 Å². The molecule has 0 saturated carbocycles. The zero-order chi connectivity index (χ0) is 13.9. The van der Waals surface area contributed by atoms with Crippen LogP contribution in [0.1, 0.15) is 16.1 Å². The van der Waals surface area contributed by atoms with Crippen LogP contribution in [-0.2, 0) is 22.4 Å². The second kappa shape index (κ2) is 6.00. The summed E-state index contributed by atoms with van der Waals surface area (Å²) in [6.45, 7) is 2.02. The van der Waals surface area contributed by atoms with Crippen molar-refractivity contribution < 1.29 is 8.42 Å². The van der Waals surface area contributed by atoms with Crippen molar-refractivity contribution in [2.75, 3.05) is 0 Å². The Morgan fingerprint density at radius 2 is 1.89 bits per heavy atom. The molecule has 1 aromatic carbocycles. The van der Waals surface area contributed by atoms with Gasteiger partial charge in [-0.05, 0) is 18.1 Å². The minimum Gasteiger partial charge on any atom is -0.249 e. The van der Waals surface area contributed by atoms with Gasteiger partial charge in [0.2, 0.25) is 0 Å². The van der Waals surface area contributed by atoms with Gasteiger partial charge in [0.25, 0.3) is 10.0 Å². The molecule has 2 rings (SSSR count). The van der Waals surface area contributed by atoms with E-state index in [4.69, 9.17) is 11.6 Å². The van der Waals surface area contributed by atoms with Gasteiger partial charge >= 0.3 is 0 Å². The number of rotatable bonds is 5. The summed E-state index contributed by atoms with van der Waals surface area (Å²) >= 11 is 6.85. The topological polar surface area (TPSA) is 59.1 Å². The highest BCUT2D eigenvalue weighted by Gasteiger charge is 2.16. The molecule has 0 bridgehead atoms. The van der Waals surface area contributed by atoms with Crippen molar-refractivity contribution in [2.24, 2.45) is 0 Å². The maximum absolute atomic E-state index is 12.0. The molecule has 2 aromatic rings. The molecule has 102 valence electrons. The summed E-state index contributed by atoms with van der Waals surface area (Å²) in [5, 5.41) is 0.729. The Balaban J connectivity index is 2.05. The molecule has 0 atom stereocenters. The fourth-order valence-corrected chi connectivity index (χ4v) is 3.81. The van der Waals surface area contributed by atoms with E-state index in [2.05, 4.69) is 9.71 Å². The maximum atomic E-state index is 12.0. The molecule has 1 N–H and O–H groups in total. The number of hydrogen-bond donors (Lipinski definition) is 1. The molecule has 0 radical (unpaired) electrons. The number of sulfonamides is 1. The Morgan fingerprint density at radius 1 is 1.26 bits per heavy atom. The van der Waals surface area contributed by atoms with E-state index < -0.39 is 10.0 Å². The van der Waals surface area contributed by atoms with Gasteiger partial charge in [-0.25, -0.2) is 18.1 Å². The average Bonchev–Trinajstić information content (AvgIpc) is 2.85. The number of alkyl halides is 1. The Hall–Kier alpha value is -0.950. The average molecular weight is 317 g/mol. The fourth-order valence-electron chi connectivity index (χ4n) is 1.46. The van der Waals surface area contributed by atoms with Crippen molar-refractivity contribution in [1.82, 2.24) is 9.71 Å². The van der Waals surface area contributed by atoms with E-state index in [1.54, 1.807) is 6.92 Å². The smallest absolute Gasteiger partial charge is 0.249 e. The van der Waals surface area contributed by atoms with Crippen LogP contribution in [0.2, 0.25) is 0 Å². The number of nitrogens with zero attached hydrogens (tertiary/aromatic N) is 1. The molecule has 0 spiro atoms. The van der Waals surface area contributed by atoms with Gasteiger partial charge in [0.05, 0.1) is 11.2 Å². The Morgan fingerprint density at radius 3 is 2.42 bits per heavy atom. The van der Waals surface area contributed by atoms with E-state index in [0.29, 0.717) is 5.88 Å². The molecule has 0 fully saturated rings. The summed E-state index contributed by atoms with van der Waals surface area (Å²) in [6, 6.07) is 7.48. The van der Waals surface area contributed by atoms with E-state index in [0.717, 1.165) is 27.5 Å². The van der Waals surface area contributed by atoms with Crippen LogP contribution < -0.4 is 4.72 Å². The summed E-state index contributed by atoms with van der Waals surface area (Å²) < 4.78 is 26.8. The number of halogens is 1. The Labute approximate surface area is 121 Å². The predicted molar refractivity (Wildman–Crippen MR) is 76.9 cm³/mol. The van der Waals surface area contributed by atoms with Gasteiger partial charge in [-0.2, -0.15) is 0 Å². The lowest BCUT2D eigenvalue weighted by atomic mass is 10.1. The molecule has 1 heterocycles. The molecule has 0 aliphatic heterocycles. The number of nitrogens with one attached hydrogen (secondary N) is 1. The van der Waals surface area contributed by atoms with Crippen LogP contribution in [0.15, 0.2) is 34.7 Å². The lowest BCUT2D eigenvalue weighted by Gasteiger charge is -2.05. The van der Waals surface area contributed by atoms with Crippen LogP contribution in [-0.4, -0.2) is 13.4 Å². The van der Waals surface area contributed by atoms with E-state index in [1.807, 2.05) is 24.3 Å². The highest BCUT2D eigenvalue weighted by atomic mass is 35.5. The van der Waals surface area contributed by atoms with E-state index in [9.17, 15) is 8.42 Å². The molecule has 4 nitrogen and oxygen atoms in total. The normalized spacial score (nSPS) is 11.7. The first-order valence-electron chi connectivity index (χ1n) is 5.57. The maximum Gasteiger partial charge on any atom is 0.251 e. The van der Waals surface area contributed by atoms with E-state index in [1.165, 1.54) is 6.20 Å². The van der Waals surface area contributed by atoms with Gasteiger partial charge in [-0.15, -0.1) is 22.9 Å². The van der Waals surface area contributed by atoms with Crippen LogP contribution in [0.3, 0.4) is 0 Å². The molecule has 7 heteroatoms. The Kier molecular flexibility index (Phi) is 4.57. The number of aryl methyl sites for hydroxylation is 1. The summed E-state index contributed by atoms with van der Waals surface area (Å²) in [5.41, 5.74) is 1.89. The molecular weight excluding hydrogens is 304 g/mol. The van der Waals surface area contributed by atoms with Crippen LogP contribution in [0.5, 0.6) is 0 Å². The minimum absolute atomic E-state index is 0.238. The first-order valence-corrected chi connectivity index (χ1v) is 8.40. The van der Waals surface area contributed by atoms with E-state index in [-0.39, 0.29) is 10.8 Å². The molecule has 0 unspecified atom stereocenters. The van der Waals surface area contributed by atoms with E-state index >= 15 is 0 Å². The highest BCUT2D eigenvalue weighted by Crippen LogP contribution is 2.18. The monoisotopic (exact) mass is 316 g/mol. The predicted octanol–water partition coefficient (Wildman–Crippen LogP) is 2.67. The molecule has 19 heavy (non-hydrogen) atoms. The van der Waals surface area contributed by atoms with Crippen molar-refractivity contribution >= 4 is 33.0 Å². The second-order valence-electron chi connectivity index (χ2n) is 3.97. The van der Waals surface area contributed by atoms with Gasteiger partial charge in [0.15, 0.2) is 4.21 Å². The summed E-state index contributed by atoms with van der Waals surface area (Å²) in [7, 11) is -3.47. The quantitative estimate of drug-likeness (QED) is 0.863. The molecular formula is C12H13ClN2O2S2. The molecule has 0 amide bonds. The first kappa shape index (κ1) is 14.5. The molecule has 1 aromatic heterocycles. The van der Waals surface area contributed by atoms with Crippen LogP contribution in [0, 0.1) is 6.92 Å². The van der Waals surface area contributed by atoms with Crippen molar-refractivity contribution in [3.05, 3.63) is 46.6 Å². The largest absolute Gasteiger partial charge is 0.251 e. The lowest BCUT2D eigenvalue weighted by molar-refractivity contribution is 0.583. The van der Waals surface area contributed by atoms with Crippen LogP contribution in [0.4, 0.5) is 0 Å². The summed E-state index contributed by atoms with van der Waals surface area (Å²) in [6.07, 6.45) is 1.37. The Bertz CT molecular complexity index is 651. The van der Waals surface area contributed by atoms with Gasteiger partial charge in [0.1, 0.15) is 0 Å². The zero-order valence-electron chi connectivity index (χ0n) is 10.3. The number of aromatic nitrogens is 1. The first-order chi connectivity index (χ1) is 9.01. The number of thiazole rings is 1. The fraction of sp³-hybridized carbons (Fsp3) is 0.250. The second-order valence-corrected chi connectivity index (χ2v) is 7.47. The van der Waals surface area contributed by atoms with Crippen molar-refractivity contribution in [1.29, 1.82) is 0 Å². The van der Waals surface area contributed by atoms with Gasteiger partial charge in [-0.1, -0.05) is 24.3 Å². The van der Waals surface area contributed by atoms with Crippen molar-refractivity contribution in [2.45, 2.75) is 23.6 Å². The van der Waals surface area contributed by atoms with Crippen molar-refractivity contribution in [3.8, 4) is 0 Å². The zero-order valence-corrected chi connectivity index (χ0v) is 12.6. The lowest BCUT2D eigenvalue weighted by Crippen LogP contribution is -2.22. The van der Waals surface area contributed by atoms with Crippen molar-refractivity contribution in [3.63, 3.8) is 0 Å². The SMILES string of the molecule is Cc1ncc(S(=O)(=O)NCc2ccc(CCl)cc2)s1. The molecule has 0 aliphatic carbocycles. The number of hydrogen-bond acceptors (Lipinski definition) is 4. The van der Waals surface area contributed by atoms with Gasteiger partial charge in [0, 0.05) is 12.4 Å². The van der Waals surface area contributed by atoms with Crippen LogP contribution >= 0.6 is 22.9 Å². The van der Waals surface area contributed by atoms with Gasteiger partial charge < -0.3 is 0 Å². The third-order valence-corrected chi connectivity index (χ3v) is 5.59. The third-order valence-electron chi connectivity index (χ3n) is 2.51. The standard InChI is InChI=1S/C12H13ClN2O2S2/c1-9-14-8-12(18-9)19(16,17)15-7-11-4-2-10(6-13)3-5-11/h2-5,8,15H,6-7H2,1H3. The number of benzene rings is 1. The van der Waals surface area contributed by atoms with Gasteiger partial charge in [-0.3, -0.25) is 0 Å². The molecule has 0 saturated heterocycles. The third kappa shape index (κ3) is 3.76. The summed E-state index contributed by atoms with van der Waals surface area (Å²) in [4.78, 5) is 3.95. The highest BCUT2D eigenvalue weighted by molar-refractivity contribution is 7.91.